The van der Waals surface area contributed by atoms with E-state index >= 15 is 0 Å². The van der Waals surface area contributed by atoms with Gasteiger partial charge >= 0.3 is 0 Å². The number of sulfonamides is 1. The van der Waals surface area contributed by atoms with Crippen LogP contribution in [-0.2, 0) is 10.0 Å². The van der Waals surface area contributed by atoms with E-state index in [1.165, 1.54) is 22.7 Å². The highest BCUT2D eigenvalue weighted by Gasteiger charge is 2.26. The molecule has 2 aromatic carbocycles. The summed E-state index contributed by atoms with van der Waals surface area (Å²) in [6, 6.07) is 12.3. The van der Waals surface area contributed by atoms with Crippen LogP contribution >= 0.6 is 0 Å². The van der Waals surface area contributed by atoms with Crippen molar-refractivity contribution in [2.75, 3.05) is 13.2 Å². The fourth-order valence-corrected chi connectivity index (χ4v) is 5.92. The van der Waals surface area contributed by atoms with Crippen LogP contribution in [0.4, 0.5) is 0 Å². The number of hydrogen-bond acceptors (Lipinski definition) is 8. The largest absolute Gasteiger partial charge is 0.493 e. The quantitative estimate of drug-likeness (QED) is 0.302. The van der Waals surface area contributed by atoms with E-state index in [1.807, 2.05) is 6.07 Å². The average Bonchev–Trinajstić information content (AvgIpc) is 3.58. The van der Waals surface area contributed by atoms with E-state index in [2.05, 4.69) is 25.0 Å². The van der Waals surface area contributed by atoms with Gasteiger partial charge < -0.3 is 14.8 Å². The summed E-state index contributed by atoms with van der Waals surface area (Å²) in [7, 11) is -4.06. The number of aliphatic hydroxyl groups excluding tert-OH is 1. The molecule has 12 heteroatoms. The lowest BCUT2D eigenvalue weighted by molar-refractivity contribution is 0.259. The molecule has 4 aromatic rings. The van der Waals surface area contributed by atoms with E-state index in [4.69, 9.17) is 4.74 Å². The third-order valence-corrected chi connectivity index (χ3v) is 7.99. The molecule has 3 N–H and O–H groups in total. The number of H-pyrrole nitrogens is 1. The van der Waals surface area contributed by atoms with Crippen molar-refractivity contribution in [2.45, 2.75) is 49.5 Å². The van der Waals surface area contributed by atoms with Crippen LogP contribution in [0.15, 0.2) is 58.2 Å². The molecule has 1 aliphatic carbocycles. The lowest BCUT2D eigenvalue weighted by atomic mass is 10.1. The summed E-state index contributed by atoms with van der Waals surface area (Å²) >= 11 is 0. The molecule has 11 nitrogen and oxygen atoms in total. The Kier molecular flexibility index (Phi) is 7.04. The first kappa shape index (κ1) is 25.1. The standard InChI is InChI=1S/C25H28N6O5S/c1-2-36-21-13-12-18(37(34,35)30-20(15-32)16-8-4-3-5-9-16)14-19(21)22-26-25(33)24-28-27-23(31(24)29-22)17-10-6-7-11-17/h3-5,8-9,12-14,17,20,30,32H,2,6-7,10-11,15H2,1H3,(H,26,29,33). The number of ether oxygens (including phenoxy) is 1. The van der Waals surface area contributed by atoms with Crippen LogP contribution in [0.2, 0.25) is 0 Å². The number of benzene rings is 2. The molecule has 194 valence electrons. The normalized spacial score (nSPS) is 15.3. The number of aliphatic hydroxyl groups is 1. The highest BCUT2D eigenvalue weighted by Crippen LogP contribution is 2.34. The van der Waals surface area contributed by atoms with Crippen molar-refractivity contribution in [1.82, 2.24) is 29.5 Å². The van der Waals surface area contributed by atoms with Crippen LogP contribution in [0.1, 0.15) is 56.0 Å². The third kappa shape index (κ3) is 4.99. The summed E-state index contributed by atoms with van der Waals surface area (Å²) in [5.74, 6) is 1.28. The van der Waals surface area contributed by atoms with E-state index in [0.717, 1.165) is 25.7 Å². The Morgan fingerprint density at radius 3 is 2.62 bits per heavy atom. The number of nitrogens with one attached hydrogen (secondary N) is 2. The van der Waals surface area contributed by atoms with Gasteiger partial charge in [-0.25, -0.2) is 13.1 Å². The fourth-order valence-electron chi connectivity index (χ4n) is 4.67. The summed E-state index contributed by atoms with van der Waals surface area (Å²) < 4.78 is 36.4. The van der Waals surface area contributed by atoms with Gasteiger partial charge in [-0.2, -0.15) is 4.52 Å². The van der Waals surface area contributed by atoms with Crippen LogP contribution in [0.5, 0.6) is 5.75 Å². The highest BCUT2D eigenvalue weighted by molar-refractivity contribution is 7.89. The van der Waals surface area contributed by atoms with Crippen molar-refractivity contribution >= 4 is 15.7 Å². The van der Waals surface area contributed by atoms with E-state index in [9.17, 15) is 18.3 Å². The third-order valence-electron chi connectivity index (χ3n) is 6.52. The van der Waals surface area contributed by atoms with Crippen molar-refractivity contribution < 1.29 is 18.3 Å². The smallest absolute Gasteiger partial charge is 0.296 e. The maximum atomic E-state index is 13.3. The SMILES string of the molecule is CCOc1ccc(S(=O)(=O)NC(CO)c2ccccc2)cc1-c1nn2c(C3CCCC3)nnc2c(=O)[nH]1. The van der Waals surface area contributed by atoms with Crippen LogP contribution in [-0.4, -0.2) is 51.5 Å². The molecular formula is C25H28N6O5S. The minimum Gasteiger partial charge on any atom is -0.493 e. The Labute approximate surface area is 213 Å². The molecule has 0 amide bonds. The molecule has 0 bridgehead atoms. The Bertz CT molecular complexity index is 1560. The van der Waals surface area contributed by atoms with E-state index in [1.54, 1.807) is 31.2 Å². The van der Waals surface area contributed by atoms with Gasteiger partial charge in [-0.3, -0.25) is 4.79 Å². The molecule has 2 aromatic heterocycles. The van der Waals surface area contributed by atoms with E-state index in [-0.39, 0.29) is 22.3 Å². The van der Waals surface area contributed by atoms with Crippen LogP contribution in [0.3, 0.4) is 0 Å². The van der Waals surface area contributed by atoms with Gasteiger partial charge in [-0.15, -0.1) is 15.3 Å². The molecule has 0 spiro atoms. The Morgan fingerprint density at radius 2 is 1.92 bits per heavy atom. The number of fused-ring (bicyclic) bond motifs is 1. The highest BCUT2D eigenvalue weighted by atomic mass is 32.2. The monoisotopic (exact) mass is 524 g/mol. The molecule has 1 unspecified atom stereocenters. The molecular weight excluding hydrogens is 496 g/mol. The topological polar surface area (TPSA) is 152 Å². The second kappa shape index (κ2) is 10.4. The minimum atomic E-state index is -4.06. The van der Waals surface area contributed by atoms with Gasteiger partial charge in [0.25, 0.3) is 5.56 Å². The van der Waals surface area contributed by atoms with E-state index < -0.39 is 28.2 Å². The van der Waals surface area contributed by atoms with Crippen molar-refractivity contribution in [1.29, 1.82) is 0 Å². The Hall–Kier alpha value is -3.61. The molecule has 0 aliphatic heterocycles. The van der Waals surface area contributed by atoms with Gasteiger partial charge in [0.15, 0.2) is 11.6 Å². The first-order valence-corrected chi connectivity index (χ1v) is 13.7. The maximum absolute atomic E-state index is 13.3. The first-order chi connectivity index (χ1) is 17.9. The van der Waals surface area contributed by atoms with Gasteiger partial charge in [0.1, 0.15) is 5.75 Å². The second-order valence-electron chi connectivity index (χ2n) is 8.94. The minimum absolute atomic E-state index is 0.0668. The van der Waals surface area contributed by atoms with Crippen molar-refractivity contribution in [2.24, 2.45) is 0 Å². The number of rotatable bonds is 9. The molecule has 0 saturated heterocycles. The van der Waals surface area contributed by atoms with E-state index in [0.29, 0.717) is 29.3 Å². The fraction of sp³-hybridized carbons (Fsp3) is 0.360. The molecule has 5 rings (SSSR count). The van der Waals surface area contributed by atoms with Crippen LogP contribution in [0, 0.1) is 0 Å². The van der Waals surface area contributed by atoms with Gasteiger partial charge in [0.2, 0.25) is 15.7 Å². The van der Waals surface area contributed by atoms with Gasteiger partial charge in [0.05, 0.1) is 29.7 Å². The van der Waals surface area contributed by atoms with Crippen molar-refractivity contribution in [3.05, 3.63) is 70.3 Å². The summed E-state index contributed by atoms with van der Waals surface area (Å²) in [5, 5.41) is 22.7. The molecule has 37 heavy (non-hydrogen) atoms. The van der Waals surface area contributed by atoms with Crippen LogP contribution < -0.4 is 15.0 Å². The van der Waals surface area contributed by atoms with Crippen molar-refractivity contribution in [3.8, 4) is 17.1 Å². The summed E-state index contributed by atoms with van der Waals surface area (Å²) in [6.07, 6.45) is 4.05. The lowest BCUT2D eigenvalue weighted by Crippen LogP contribution is -2.31. The molecule has 1 fully saturated rings. The molecule has 1 aliphatic rings. The number of nitrogens with zero attached hydrogens (tertiary/aromatic N) is 4. The zero-order valence-electron chi connectivity index (χ0n) is 20.3. The van der Waals surface area contributed by atoms with Crippen molar-refractivity contribution in [3.63, 3.8) is 0 Å². The zero-order valence-corrected chi connectivity index (χ0v) is 21.1. The average molecular weight is 525 g/mol. The maximum Gasteiger partial charge on any atom is 0.296 e. The Morgan fingerprint density at radius 1 is 1.16 bits per heavy atom. The summed E-state index contributed by atoms with van der Waals surface area (Å²) in [6.45, 7) is 1.71. The molecule has 2 heterocycles. The summed E-state index contributed by atoms with van der Waals surface area (Å²) in [4.78, 5) is 15.5. The van der Waals surface area contributed by atoms with Gasteiger partial charge in [-0.1, -0.05) is 43.2 Å². The summed E-state index contributed by atoms with van der Waals surface area (Å²) in [5.41, 5.74) is 0.529. The van der Waals surface area contributed by atoms with Crippen LogP contribution in [0.25, 0.3) is 17.0 Å². The van der Waals surface area contributed by atoms with Gasteiger partial charge in [0, 0.05) is 5.92 Å². The molecule has 1 saturated carbocycles. The number of aromatic nitrogens is 5. The predicted molar refractivity (Wildman–Crippen MR) is 136 cm³/mol. The number of hydrogen-bond donors (Lipinski definition) is 3. The first-order valence-electron chi connectivity index (χ1n) is 12.2. The predicted octanol–water partition coefficient (Wildman–Crippen LogP) is 2.55. The second-order valence-corrected chi connectivity index (χ2v) is 10.6. The Balaban J connectivity index is 1.58. The molecule has 1 atom stereocenters. The lowest BCUT2D eigenvalue weighted by Gasteiger charge is -2.18. The number of aromatic amines is 1. The zero-order chi connectivity index (χ0) is 26.0. The van der Waals surface area contributed by atoms with Gasteiger partial charge in [-0.05, 0) is 43.5 Å². The molecule has 0 radical (unpaired) electrons.